The van der Waals surface area contributed by atoms with Gasteiger partial charge in [0, 0.05) is 11.5 Å². The van der Waals surface area contributed by atoms with Crippen molar-refractivity contribution < 1.29 is 23.9 Å². The van der Waals surface area contributed by atoms with Gasteiger partial charge in [0.1, 0.15) is 12.6 Å². The number of carbonyl (C=O) groups excluding carboxylic acids is 3. The highest BCUT2D eigenvalue weighted by molar-refractivity contribution is 5.96. The molecular weight excluding hydrogens is 382 g/mol. The normalized spacial score (nSPS) is 23.6. The van der Waals surface area contributed by atoms with E-state index in [9.17, 15) is 14.4 Å². The van der Waals surface area contributed by atoms with Gasteiger partial charge >= 0.3 is 11.9 Å². The van der Waals surface area contributed by atoms with E-state index in [-0.39, 0.29) is 30.3 Å². The van der Waals surface area contributed by atoms with Gasteiger partial charge in [0.15, 0.2) is 0 Å². The Balaban J connectivity index is 1.68. The third-order valence-electron chi connectivity index (χ3n) is 5.99. The molecule has 1 amide bonds. The third-order valence-corrected chi connectivity index (χ3v) is 5.99. The van der Waals surface area contributed by atoms with E-state index in [1.807, 2.05) is 26.0 Å². The second-order valence-electron chi connectivity index (χ2n) is 8.57. The third kappa shape index (κ3) is 4.32. The number of nitrogens with one attached hydrogen (secondary N) is 1. The van der Waals surface area contributed by atoms with Crippen LogP contribution >= 0.6 is 0 Å². The smallest absolute Gasteiger partial charge is 0.329 e. The molecule has 0 bridgehead atoms. The van der Waals surface area contributed by atoms with Gasteiger partial charge < -0.3 is 14.8 Å². The van der Waals surface area contributed by atoms with Crippen molar-refractivity contribution in [2.75, 3.05) is 13.2 Å². The minimum Gasteiger partial charge on any atom is -0.465 e. The van der Waals surface area contributed by atoms with Crippen molar-refractivity contribution in [3.05, 3.63) is 60.2 Å². The van der Waals surface area contributed by atoms with Gasteiger partial charge in [0.05, 0.1) is 12.0 Å². The quantitative estimate of drug-likeness (QED) is 0.525. The molecule has 3 rings (SSSR count). The van der Waals surface area contributed by atoms with Crippen LogP contribution < -0.4 is 5.32 Å². The highest BCUT2D eigenvalue weighted by atomic mass is 16.5. The predicted octanol–water partition coefficient (Wildman–Crippen LogP) is 3.22. The highest BCUT2D eigenvalue weighted by Crippen LogP contribution is 2.52. The van der Waals surface area contributed by atoms with Crippen LogP contribution in [0, 0.1) is 17.3 Å². The first-order valence-corrected chi connectivity index (χ1v) is 10.3. The van der Waals surface area contributed by atoms with Crippen molar-refractivity contribution in [1.29, 1.82) is 0 Å². The summed E-state index contributed by atoms with van der Waals surface area (Å²) in [6.45, 7) is 11.8. The van der Waals surface area contributed by atoms with Gasteiger partial charge in [-0.25, -0.2) is 4.79 Å². The Morgan fingerprint density at radius 1 is 1.33 bits per heavy atom. The number of amides is 1. The molecule has 30 heavy (non-hydrogen) atoms. The maximum atomic E-state index is 12.6. The van der Waals surface area contributed by atoms with E-state index in [0.717, 1.165) is 17.6 Å². The van der Waals surface area contributed by atoms with E-state index in [1.165, 1.54) is 6.08 Å². The van der Waals surface area contributed by atoms with Crippen LogP contribution in [-0.4, -0.2) is 37.1 Å². The van der Waals surface area contributed by atoms with Gasteiger partial charge in [-0.1, -0.05) is 50.8 Å². The first-order valence-electron chi connectivity index (χ1n) is 10.3. The predicted molar refractivity (Wildman–Crippen MR) is 113 cm³/mol. The largest absolute Gasteiger partial charge is 0.465 e. The first-order chi connectivity index (χ1) is 14.3. The first kappa shape index (κ1) is 21.8. The van der Waals surface area contributed by atoms with E-state index in [4.69, 9.17) is 9.47 Å². The Morgan fingerprint density at radius 3 is 2.67 bits per heavy atom. The highest BCUT2D eigenvalue weighted by Gasteiger charge is 2.55. The number of cyclic esters (lactones) is 1. The monoisotopic (exact) mass is 411 g/mol. The Labute approximate surface area is 177 Å². The summed E-state index contributed by atoms with van der Waals surface area (Å²) >= 11 is 0. The van der Waals surface area contributed by atoms with Gasteiger partial charge in [0.25, 0.3) is 5.91 Å². The standard InChI is InChI=1S/C24H29NO5/c1-5-10-29-22(27)20(15(2)3)25-21(26)18-8-6-17(7-9-18)13-24-12-16(4)11-19(24)14-30-23(24)28/h5-9,15,19-20H,1,4,10-14H2,2-3H3,(H,25,26)/t19?,20-,24?/m0/s1. The zero-order valence-electron chi connectivity index (χ0n) is 17.6. The van der Waals surface area contributed by atoms with Crippen LogP contribution in [-0.2, 0) is 25.5 Å². The second-order valence-corrected chi connectivity index (χ2v) is 8.57. The van der Waals surface area contributed by atoms with Gasteiger partial charge in [-0.3, -0.25) is 9.59 Å². The van der Waals surface area contributed by atoms with Crippen LogP contribution in [0.15, 0.2) is 49.1 Å². The molecule has 2 unspecified atom stereocenters. The van der Waals surface area contributed by atoms with E-state index in [0.29, 0.717) is 25.0 Å². The fourth-order valence-corrected chi connectivity index (χ4v) is 4.35. The zero-order chi connectivity index (χ0) is 21.9. The summed E-state index contributed by atoms with van der Waals surface area (Å²) in [6, 6.07) is 6.40. The average molecular weight is 411 g/mol. The van der Waals surface area contributed by atoms with Crippen LogP contribution in [0.5, 0.6) is 0 Å². The summed E-state index contributed by atoms with van der Waals surface area (Å²) in [5.74, 6) is -0.923. The summed E-state index contributed by atoms with van der Waals surface area (Å²) in [4.78, 5) is 37.3. The molecule has 2 fully saturated rings. The van der Waals surface area contributed by atoms with Crippen LogP contribution in [0.2, 0.25) is 0 Å². The lowest BCUT2D eigenvalue weighted by molar-refractivity contribution is -0.146. The molecule has 6 nitrogen and oxygen atoms in total. The lowest BCUT2D eigenvalue weighted by Gasteiger charge is -2.24. The molecule has 2 aliphatic rings. The lowest BCUT2D eigenvalue weighted by atomic mass is 9.75. The van der Waals surface area contributed by atoms with E-state index < -0.39 is 17.4 Å². The van der Waals surface area contributed by atoms with Crippen molar-refractivity contribution >= 4 is 17.8 Å². The maximum Gasteiger partial charge on any atom is 0.329 e. The SMILES string of the molecule is C=CCOC(=O)[C@@H](NC(=O)c1ccc(CC23CC(=C)CC2COC3=O)cc1)C(C)C. The minimum absolute atomic E-state index is 0.101. The fraction of sp³-hybridized carbons (Fsp3) is 0.458. The molecule has 0 spiro atoms. The summed E-state index contributed by atoms with van der Waals surface area (Å²) in [6.07, 6.45) is 3.53. The van der Waals surface area contributed by atoms with Crippen LogP contribution in [0.1, 0.15) is 42.6 Å². The van der Waals surface area contributed by atoms with Crippen LogP contribution in [0.3, 0.4) is 0 Å². The van der Waals surface area contributed by atoms with Crippen LogP contribution in [0.25, 0.3) is 0 Å². The number of hydrogen-bond donors (Lipinski definition) is 1. The maximum absolute atomic E-state index is 12.6. The molecular formula is C24H29NO5. The zero-order valence-corrected chi connectivity index (χ0v) is 17.6. The van der Waals surface area contributed by atoms with Gasteiger partial charge in [-0.15, -0.1) is 0 Å². The number of ether oxygens (including phenoxy) is 2. The number of esters is 2. The minimum atomic E-state index is -0.741. The summed E-state index contributed by atoms with van der Waals surface area (Å²) in [5.41, 5.74) is 1.98. The van der Waals surface area contributed by atoms with Crippen molar-refractivity contribution in [2.45, 2.75) is 39.2 Å². The number of allylic oxidation sites excluding steroid dienone is 1. The van der Waals surface area contributed by atoms with E-state index in [2.05, 4.69) is 18.5 Å². The van der Waals surface area contributed by atoms with Crippen molar-refractivity contribution in [1.82, 2.24) is 5.32 Å². The topological polar surface area (TPSA) is 81.7 Å². The van der Waals surface area contributed by atoms with Crippen LogP contribution in [0.4, 0.5) is 0 Å². The lowest BCUT2D eigenvalue weighted by Crippen LogP contribution is -2.45. The van der Waals surface area contributed by atoms with Gasteiger partial charge in [-0.05, 0) is 42.9 Å². The molecule has 160 valence electrons. The summed E-state index contributed by atoms with van der Waals surface area (Å²) < 4.78 is 10.4. The molecule has 1 aliphatic heterocycles. The number of rotatable bonds is 8. The van der Waals surface area contributed by atoms with Gasteiger partial charge in [0.2, 0.25) is 0 Å². The van der Waals surface area contributed by atoms with Crippen molar-refractivity contribution in [2.24, 2.45) is 17.3 Å². The molecule has 1 N–H and O–H groups in total. The molecule has 0 radical (unpaired) electrons. The Kier molecular flexibility index (Phi) is 6.44. The molecule has 1 saturated carbocycles. The van der Waals surface area contributed by atoms with Gasteiger partial charge in [-0.2, -0.15) is 0 Å². The number of fused-ring (bicyclic) bond motifs is 1. The molecule has 1 heterocycles. The van der Waals surface area contributed by atoms with Crippen molar-refractivity contribution in [3.8, 4) is 0 Å². The molecule has 6 heteroatoms. The molecule has 1 aliphatic carbocycles. The number of benzene rings is 1. The summed E-state index contributed by atoms with van der Waals surface area (Å²) in [5, 5.41) is 2.75. The fourth-order valence-electron chi connectivity index (χ4n) is 4.35. The van der Waals surface area contributed by atoms with E-state index >= 15 is 0 Å². The number of carbonyl (C=O) groups is 3. The molecule has 1 aromatic rings. The molecule has 3 atom stereocenters. The van der Waals surface area contributed by atoms with Crippen molar-refractivity contribution in [3.63, 3.8) is 0 Å². The number of hydrogen-bond acceptors (Lipinski definition) is 5. The summed E-state index contributed by atoms with van der Waals surface area (Å²) in [7, 11) is 0. The molecule has 1 aromatic carbocycles. The second kappa shape index (κ2) is 8.86. The molecule has 1 saturated heterocycles. The average Bonchev–Trinajstić information content (AvgIpc) is 3.18. The molecule has 0 aromatic heterocycles. The Bertz CT molecular complexity index is 857. The Hall–Kier alpha value is -2.89. The van der Waals surface area contributed by atoms with E-state index in [1.54, 1.807) is 12.1 Å². The Morgan fingerprint density at radius 2 is 2.03 bits per heavy atom.